The number of para-hydroxylation sites is 1. The van der Waals surface area contributed by atoms with Gasteiger partial charge in [-0.25, -0.2) is 9.67 Å². The molecule has 2 heterocycles. The molecule has 7 heteroatoms. The Morgan fingerprint density at radius 3 is 2.62 bits per heavy atom. The van der Waals surface area contributed by atoms with E-state index in [-0.39, 0.29) is 0 Å². The van der Waals surface area contributed by atoms with Gasteiger partial charge in [0.05, 0.1) is 24.5 Å². The van der Waals surface area contributed by atoms with E-state index in [1.807, 2.05) is 72.6 Å². The number of aliphatic hydroxyl groups is 1. The van der Waals surface area contributed by atoms with Gasteiger partial charge in [-0.15, -0.1) is 0 Å². The van der Waals surface area contributed by atoms with Crippen LogP contribution >= 0.6 is 11.3 Å². The normalized spacial score (nSPS) is 13.9. The molecule has 0 fully saturated rings. The van der Waals surface area contributed by atoms with Crippen LogP contribution in [0.15, 0.2) is 52.2 Å². The van der Waals surface area contributed by atoms with E-state index in [1.165, 1.54) is 0 Å². The number of aryl methyl sites for hydroxylation is 1. The quantitative estimate of drug-likeness (QED) is 0.411. The highest BCUT2D eigenvalue weighted by atomic mass is 32.1. The van der Waals surface area contributed by atoms with Gasteiger partial charge < -0.3 is 15.7 Å². The van der Waals surface area contributed by atoms with E-state index in [9.17, 15) is 5.11 Å². The average Bonchev–Trinajstić information content (AvgIpc) is 3.35. The third-order valence-corrected chi connectivity index (χ3v) is 5.61. The van der Waals surface area contributed by atoms with Gasteiger partial charge in [0.1, 0.15) is 5.60 Å². The predicted molar refractivity (Wildman–Crippen MR) is 120 cm³/mol. The first-order valence-corrected chi connectivity index (χ1v) is 10.7. The smallest absolute Gasteiger partial charge is 0.191 e. The molecule has 0 radical (unpaired) electrons. The lowest BCUT2D eigenvalue weighted by Crippen LogP contribution is -2.44. The van der Waals surface area contributed by atoms with Crippen molar-refractivity contribution in [3.63, 3.8) is 0 Å². The Kier molecular flexibility index (Phi) is 6.71. The zero-order valence-corrected chi connectivity index (χ0v) is 18.3. The molecular weight excluding hydrogens is 382 g/mol. The van der Waals surface area contributed by atoms with E-state index in [0.717, 1.165) is 34.7 Å². The largest absolute Gasteiger partial charge is 0.384 e. The van der Waals surface area contributed by atoms with Crippen molar-refractivity contribution in [3.05, 3.63) is 69.7 Å². The lowest BCUT2D eigenvalue weighted by atomic mass is 9.99. The highest BCUT2D eigenvalue weighted by Crippen LogP contribution is 2.22. The van der Waals surface area contributed by atoms with Crippen LogP contribution in [-0.2, 0) is 12.1 Å². The van der Waals surface area contributed by atoms with Crippen LogP contribution in [0.2, 0.25) is 0 Å². The maximum Gasteiger partial charge on any atom is 0.191 e. The van der Waals surface area contributed by atoms with Crippen molar-refractivity contribution < 1.29 is 5.11 Å². The molecule has 3 rings (SSSR count). The topological polar surface area (TPSA) is 74.5 Å². The second kappa shape index (κ2) is 9.24. The zero-order valence-electron chi connectivity index (χ0n) is 17.4. The fourth-order valence-corrected chi connectivity index (χ4v) is 3.94. The van der Waals surface area contributed by atoms with Gasteiger partial charge in [-0.2, -0.15) is 16.4 Å². The van der Waals surface area contributed by atoms with Gasteiger partial charge in [0.25, 0.3) is 0 Å². The molecule has 0 bridgehead atoms. The SMILES string of the molecule is CCNC(=NCc1c(C)nn(-c2ccccc2)c1C)NCC(C)(O)c1ccsc1. The summed E-state index contributed by atoms with van der Waals surface area (Å²) in [5.74, 6) is 0.675. The number of hydrogen-bond donors (Lipinski definition) is 3. The molecule has 1 atom stereocenters. The molecule has 3 N–H and O–H groups in total. The van der Waals surface area contributed by atoms with Gasteiger partial charge in [0.15, 0.2) is 5.96 Å². The number of aliphatic imine (C=N–C) groups is 1. The summed E-state index contributed by atoms with van der Waals surface area (Å²) < 4.78 is 1.96. The third kappa shape index (κ3) is 5.05. The maximum atomic E-state index is 10.7. The summed E-state index contributed by atoms with van der Waals surface area (Å²) >= 11 is 1.58. The molecule has 0 spiro atoms. The van der Waals surface area contributed by atoms with Gasteiger partial charge in [-0.3, -0.25) is 0 Å². The van der Waals surface area contributed by atoms with Crippen molar-refractivity contribution in [1.82, 2.24) is 20.4 Å². The minimum absolute atomic E-state index is 0.372. The van der Waals surface area contributed by atoms with Gasteiger partial charge >= 0.3 is 0 Å². The van der Waals surface area contributed by atoms with Crippen molar-refractivity contribution in [1.29, 1.82) is 0 Å². The molecule has 0 aliphatic carbocycles. The van der Waals surface area contributed by atoms with E-state index < -0.39 is 5.60 Å². The van der Waals surface area contributed by atoms with Crippen LogP contribution in [0.1, 0.15) is 36.4 Å². The first kappa shape index (κ1) is 21.1. The molecule has 2 aromatic heterocycles. The van der Waals surface area contributed by atoms with Gasteiger partial charge in [0.2, 0.25) is 0 Å². The number of nitrogens with one attached hydrogen (secondary N) is 2. The number of hydrogen-bond acceptors (Lipinski definition) is 4. The standard InChI is InChI=1S/C22H29N5OS/c1-5-23-21(25-15-22(4,28)18-11-12-29-14-18)24-13-20-16(2)26-27(17(20)3)19-9-7-6-8-10-19/h6-12,14,28H,5,13,15H2,1-4H3,(H2,23,24,25). The van der Waals surface area contributed by atoms with Gasteiger partial charge in [0, 0.05) is 17.8 Å². The first-order valence-electron chi connectivity index (χ1n) is 9.80. The number of rotatable bonds is 7. The van der Waals surface area contributed by atoms with Crippen LogP contribution < -0.4 is 10.6 Å². The van der Waals surface area contributed by atoms with Gasteiger partial charge in [-0.05, 0) is 62.2 Å². The highest BCUT2D eigenvalue weighted by molar-refractivity contribution is 7.08. The summed E-state index contributed by atoms with van der Waals surface area (Å²) in [6.45, 7) is 9.55. The summed E-state index contributed by atoms with van der Waals surface area (Å²) in [7, 11) is 0. The minimum Gasteiger partial charge on any atom is -0.384 e. The van der Waals surface area contributed by atoms with Crippen LogP contribution in [0, 0.1) is 13.8 Å². The fraction of sp³-hybridized carbons (Fsp3) is 0.364. The van der Waals surface area contributed by atoms with Crippen molar-refractivity contribution >= 4 is 17.3 Å². The second-order valence-electron chi connectivity index (χ2n) is 7.23. The molecule has 0 aliphatic rings. The van der Waals surface area contributed by atoms with E-state index in [2.05, 4.69) is 17.6 Å². The summed E-state index contributed by atoms with van der Waals surface area (Å²) in [6.07, 6.45) is 0. The van der Waals surface area contributed by atoms with E-state index in [4.69, 9.17) is 10.1 Å². The van der Waals surface area contributed by atoms with Crippen LogP contribution in [0.25, 0.3) is 5.69 Å². The molecule has 3 aromatic rings. The van der Waals surface area contributed by atoms with Crippen molar-refractivity contribution in [2.24, 2.45) is 4.99 Å². The Morgan fingerprint density at radius 2 is 1.97 bits per heavy atom. The lowest BCUT2D eigenvalue weighted by Gasteiger charge is -2.24. The van der Waals surface area contributed by atoms with Crippen LogP contribution in [0.3, 0.4) is 0 Å². The molecule has 1 aromatic carbocycles. The summed E-state index contributed by atoms with van der Waals surface area (Å²) in [6, 6.07) is 12.1. The zero-order chi connectivity index (χ0) is 20.9. The summed E-state index contributed by atoms with van der Waals surface area (Å²) in [5, 5.41) is 25.9. The highest BCUT2D eigenvalue weighted by Gasteiger charge is 2.23. The molecular formula is C22H29N5OS. The first-order chi connectivity index (χ1) is 13.9. The Bertz CT molecular complexity index is 945. The van der Waals surface area contributed by atoms with Crippen molar-refractivity contribution in [2.45, 2.75) is 39.8 Å². The Hall–Kier alpha value is -2.64. The molecule has 0 amide bonds. The molecule has 29 heavy (non-hydrogen) atoms. The molecule has 0 saturated heterocycles. The number of benzene rings is 1. The van der Waals surface area contributed by atoms with Crippen LogP contribution in [0.5, 0.6) is 0 Å². The predicted octanol–water partition coefficient (Wildman–Crippen LogP) is 3.51. The summed E-state index contributed by atoms with van der Waals surface area (Å²) in [5.41, 5.74) is 4.15. The van der Waals surface area contributed by atoms with Gasteiger partial charge in [-0.1, -0.05) is 18.2 Å². The Labute approximate surface area is 176 Å². The molecule has 0 saturated carbocycles. The van der Waals surface area contributed by atoms with E-state index in [0.29, 0.717) is 19.0 Å². The average molecular weight is 412 g/mol. The second-order valence-corrected chi connectivity index (χ2v) is 8.01. The number of nitrogens with zero attached hydrogens (tertiary/aromatic N) is 3. The van der Waals surface area contributed by atoms with Crippen LogP contribution in [0.4, 0.5) is 0 Å². The Morgan fingerprint density at radius 1 is 1.21 bits per heavy atom. The van der Waals surface area contributed by atoms with Crippen LogP contribution in [-0.4, -0.2) is 33.9 Å². The molecule has 1 unspecified atom stereocenters. The number of guanidine groups is 1. The number of aromatic nitrogens is 2. The van der Waals surface area contributed by atoms with Crippen molar-refractivity contribution in [3.8, 4) is 5.69 Å². The fourth-order valence-electron chi connectivity index (χ4n) is 3.15. The molecule has 154 valence electrons. The van der Waals surface area contributed by atoms with E-state index in [1.54, 1.807) is 11.3 Å². The third-order valence-electron chi connectivity index (χ3n) is 4.92. The minimum atomic E-state index is -0.958. The lowest BCUT2D eigenvalue weighted by molar-refractivity contribution is 0.0621. The van der Waals surface area contributed by atoms with E-state index >= 15 is 0 Å². The molecule has 0 aliphatic heterocycles. The monoisotopic (exact) mass is 411 g/mol. The van der Waals surface area contributed by atoms with Crippen molar-refractivity contribution in [2.75, 3.05) is 13.1 Å². The summed E-state index contributed by atoms with van der Waals surface area (Å²) in [4.78, 5) is 4.73. The Balaban J connectivity index is 1.74. The maximum absolute atomic E-state index is 10.7. The molecule has 6 nitrogen and oxygen atoms in total. The number of thiophene rings is 1.